The van der Waals surface area contributed by atoms with Crippen LogP contribution in [-0.4, -0.2) is 0 Å². The second-order valence-electron chi connectivity index (χ2n) is 8.71. The molecule has 0 amide bonds. The Bertz CT molecular complexity index is 1170. The lowest BCUT2D eigenvalue weighted by Crippen LogP contribution is -2.16. The molecule has 0 aliphatic heterocycles. The summed E-state index contributed by atoms with van der Waals surface area (Å²) in [5, 5.41) is 0. The van der Waals surface area contributed by atoms with Crippen molar-refractivity contribution in [3.05, 3.63) is 82.2 Å². The number of benzene rings is 3. The Morgan fingerprint density at radius 1 is 0.636 bits per heavy atom. The fraction of sp³-hybridized carbons (Fsp3) is 0.357. The lowest BCUT2D eigenvalue weighted by molar-refractivity contribution is 0.160. The number of rotatable bonds is 7. The van der Waals surface area contributed by atoms with E-state index in [0.29, 0.717) is 30.4 Å². The molecule has 1 aliphatic carbocycles. The third-order valence-corrected chi connectivity index (χ3v) is 6.47. The van der Waals surface area contributed by atoms with Gasteiger partial charge in [0, 0.05) is 16.7 Å². The van der Waals surface area contributed by atoms with Crippen molar-refractivity contribution >= 4 is 0 Å². The third kappa shape index (κ3) is 4.18. The molecule has 0 bridgehead atoms. The predicted molar refractivity (Wildman–Crippen MR) is 122 cm³/mol. The van der Waals surface area contributed by atoms with Crippen molar-refractivity contribution in [3.8, 4) is 22.3 Å². The van der Waals surface area contributed by atoms with Crippen LogP contribution in [0, 0.1) is 17.5 Å². The quantitative estimate of drug-likeness (QED) is 0.245. The minimum Gasteiger partial charge on any atom is -0.239 e. The van der Waals surface area contributed by atoms with E-state index in [1.807, 2.05) is 6.92 Å². The van der Waals surface area contributed by atoms with Crippen molar-refractivity contribution in [2.24, 2.45) is 0 Å². The highest BCUT2D eigenvalue weighted by Crippen LogP contribution is 2.51. The van der Waals surface area contributed by atoms with E-state index >= 15 is 13.2 Å². The van der Waals surface area contributed by atoms with E-state index in [4.69, 9.17) is 0 Å². The molecule has 0 nitrogen and oxygen atoms in total. The van der Waals surface area contributed by atoms with E-state index in [1.54, 1.807) is 18.2 Å². The number of alkyl halides is 2. The maximum Gasteiger partial charge on any atom is 0.164 e. The minimum atomic E-state index is -2.35. The molecule has 174 valence electrons. The highest BCUT2D eigenvalue weighted by molar-refractivity contribution is 5.79. The molecule has 0 saturated heterocycles. The highest BCUT2D eigenvalue weighted by Gasteiger charge is 2.39. The third-order valence-electron chi connectivity index (χ3n) is 6.47. The van der Waals surface area contributed by atoms with Crippen LogP contribution in [0.3, 0.4) is 0 Å². The largest absolute Gasteiger partial charge is 0.239 e. The van der Waals surface area contributed by atoms with Gasteiger partial charge < -0.3 is 0 Å². The first-order chi connectivity index (χ1) is 15.9. The summed E-state index contributed by atoms with van der Waals surface area (Å²) < 4.78 is 75.3. The molecule has 0 radical (unpaired) electrons. The van der Waals surface area contributed by atoms with Gasteiger partial charge in [-0.1, -0.05) is 69.5 Å². The zero-order chi connectivity index (χ0) is 23.7. The van der Waals surface area contributed by atoms with Crippen molar-refractivity contribution in [1.29, 1.82) is 0 Å². The van der Waals surface area contributed by atoms with Gasteiger partial charge >= 0.3 is 0 Å². The summed E-state index contributed by atoms with van der Waals surface area (Å²) in [7, 11) is 0. The van der Waals surface area contributed by atoms with Crippen molar-refractivity contribution in [2.75, 3.05) is 0 Å². The van der Waals surface area contributed by atoms with Gasteiger partial charge in [0.15, 0.2) is 12.3 Å². The Balaban J connectivity index is 1.78. The molecule has 0 heterocycles. The van der Waals surface area contributed by atoms with Gasteiger partial charge in [0.25, 0.3) is 0 Å². The monoisotopic (exact) mass is 458 g/mol. The first-order valence-electron chi connectivity index (χ1n) is 11.6. The molecule has 5 heteroatoms. The van der Waals surface area contributed by atoms with E-state index in [1.165, 1.54) is 24.3 Å². The molecule has 3 aromatic carbocycles. The van der Waals surface area contributed by atoms with Crippen LogP contribution >= 0.6 is 0 Å². The van der Waals surface area contributed by atoms with Gasteiger partial charge in [0.05, 0.1) is 0 Å². The summed E-state index contributed by atoms with van der Waals surface area (Å²) in [6, 6.07) is 10.4. The SMILES string of the molecule is CCCCCc1ccc(-c2ccc3c(c2F)C(F)C(F)c2c-3ccc(CCC)c2F)cc1F. The van der Waals surface area contributed by atoms with E-state index in [2.05, 4.69) is 6.92 Å². The number of hydrogen-bond acceptors (Lipinski definition) is 0. The zero-order valence-corrected chi connectivity index (χ0v) is 18.8. The van der Waals surface area contributed by atoms with Crippen LogP contribution in [0.5, 0.6) is 0 Å². The van der Waals surface area contributed by atoms with Gasteiger partial charge in [-0.05, 0) is 53.1 Å². The molecular formula is C28H27F5. The maximum absolute atomic E-state index is 15.5. The van der Waals surface area contributed by atoms with E-state index in [9.17, 15) is 8.78 Å². The topological polar surface area (TPSA) is 0 Å². The Morgan fingerprint density at radius 3 is 1.88 bits per heavy atom. The standard InChI is InChI=1S/C28H27F5/c1-3-5-6-8-16-9-10-18(15-22(16)29)19-13-14-21-20-12-11-17(7-4-2)25(30)23(20)27(32)28(33)24(21)26(19)31/h9-15,27-28H,3-8H2,1-2H3. The van der Waals surface area contributed by atoms with Gasteiger partial charge in [-0.15, -0.1) is 0 Å². The van der Waals surface area contributed by atoms with Crippen LogP contribution in [-0.2, 0) is 12.8 Å². The van der Waals surface area contributed by atoms with Crippen LogP contribution in [0.1, 0.15) is 74.1 Å². The van der Waals surface area contributed by atoms with E-state index < -0.39 is 35.4 Å². The maximum atomic E-state index is 15.5. The summed E-state index contributed by atoms with van der Waals surface area (Å²) in [5.41, 5.74) is 0.612. The van der Waals surface area contributed by atoms with Gasteiger partial charge in [-0.25, -0.2) is 22.0 Å². The highest BCUT2D eigenvalue weighted by atomic mass is 19.2. The van der Waals surface area contributed by atoms with Crippen molar-refractivity contribution in [2.45, 2.75) is 64.7 Å². The zero-order valence-electron chi connectivity index (χ0n) is 18.8. The van der Waals surface area contributed by atoms with Crippen molar-refractivity contribution in [1.82, 2.24) is 0 Å². The fourth-order valence-corrected chi connectivity index (χ4v) is 4.70. The molecule has 2 atom stereocenters. The van der Waals surface area contributed by atoms with Gasteiger partial charge in [0.2, 0.25) is 0 Å². The van der Waals surface area contributed by atoms with E-state index in [-0.39, 0.29) is 27.8 Å². The molecule has 0 aromatic heterocycles. The molecule has 4 rings (SSSR count). The molecular weight excluding hydrogens is 431 g/mol. The second-order valence-corrected chi connectivity index (χ2v) is 8.71. The van der Waals surface area contributed by atoms with E-state index in [0.717, 1.165) is 19.3 Å². The van der Waals surface area contributed by atoms with Gasteiger partial charge in [0.1, 0.15) is 17.5 Å². The molecule has 0 spiro atoms. The first kappa shape index (κ1) is 23.5. The lowest BCUT2D eigenvalue weighted by Gasteiger charge is -2.28. The smallest absolute Gasteiger partial charge is 0.164 e. The van der Waals surface area contributed by atoms with Crippen LogP contribution < -0.4 is 0 Å². The number of aryl methyl sites for hydroxylation is 2. The Hall–Kier alpha value is -2.69. The van der Waals surface area contributed by atoms with Crippen LogP contribution in [0.25, 0.3) is 22.3 Å². The summed E-state index contributed by atoms with van der Waals surface area (Å²) in [6.45, 7) is 3.94. The molecule has 0 saturated carbocycles. The number of fused-ring (bicyclic) bond motifs is 3. The Labute approximate surface area is 191 Å². The van der Waals surface area contributed by atoms with Crippen LogP contribution in [0.15, 0.2) is 42.5 Å². The van der Waals surface area contributed by atoms with Crippen molar-refractivity contribution in [3.63, 3.8) is 0 Å². The average molecular weight is 459 g/mol. The average Bonchev–Trinajstić information content (AvgIpc) is 2.80. The molecule has 33 heavy (non-hydrogen) atoms. The summed E-state index contributed by atoms with van der Waals surface area (Å²) >= 11 is 0. The molecule has 0 N–H and O–H groups in total. The molecule has 1 aliphatic rings. The van der Waals surface area contributed by atoms with Gasteiger partial charge in [-0.2, -0.15) is 0 Å². The number of halogens is 5. The van der Waals surface area contributed by atoms with Crippen molar-refractivity contribution < 1.29 is 22.0 Å². The Morgan fingerprint density at radius 2 is 1.24 bits per heavy atom. The number of hydrogen-bond donors (Lipinski definition) is 0. The summed E-state index contributed by atoms with van der Waals surface area (Å²) in [4.78, 5) is 0. The molecule has 0 fully saturated rings. The lowest BCUT2D eigenvalue weighted by atomic mass is 9.80. The number of unbranched alkanes of at least 4 members (excludes halogenated alkanes) is 2. The van der Waals surface area contributed by atoms with Gasteiger partial charge in [-0.3, -0.25) is 0 Å². The predicted octanol–water partition coefficient (Wildman–Crippen LogP) is 9.16. The second kappa shape index (κ2) is 9.66. The Kier molecular flexibility index (Phi) is 6.87. The summed E-state index contributed by atoms with van der Waals surface area (Å²) in [5.74, 6) is -2.15. The van der Waals surface area contributed by atoms with Crippen LogP contribution in [0.4, 0.5) is 22.0 Å². The minimum absolute atomic E-state index is 0.00543. The fourth-order valence-electron chi connectivity index (χ4n) is 4.70. The molecule has 3 aromatic rings. The first-order valence-corrected chi connectivity index (χ1v) is 11.6. The normalized spacial score (nSPS) is 17.1. The molecule has 2 unspecified atom stereocenters. The van der Waals surface area contributed by atoms with Crippen LogP contribution in [0.2, 0.25) is 0 Å². The summed E-state index contributed by atoms with van der Waals surface area (Å²) in [6.07, 6.45) is -0.138.